The molecular weight excluding hydrogens is 470 g/mol. The fourth-order valence-electron chi connectivity index (χ4n) is 7.29. The molecule has 7 nitrogen and oxygen atoms in total. The average molecular weight is 530 g/mol. The Kier molecular flexibility index (Phi) is 9.45. The van der Waals surface area contributed by atoms with E-state index < -0.39 is 0 Å². The number of hydrogen-bond donors (Lipinski definition) is 1. The van der Waals surface area contributed by atoms with E-state index in [1.807, 2.05) is 6.92 Å². The van der Waals surface area contributed by atoms with Gasteiger partial charge in [-0.05, 0) is 108 Å². The van der Waals surface area contributed by atoms with Gasteiger partial charge in [-0.25, -0.2) is 0 Å². The van der Waals surface area contributed by atoms with Crippen molar-refractivity contribution in [1.29, 1.82) is 0 Å². The Morgan fingerprint density at radius 2 is 1.11 bits per heavy atom. The van der Waals surface area contributed by atoms with Crippen LogP contribution in [0.15, 0.2) is 0 Å². The SMILES string of the molecule is CCCCN(c1nc(C)nc(N(CCCC)C2CC(C)(C)N(C)C(C)(C)C2)n1)C1CC(C)(C)NC(C)(C)C1. The summed E-state index contributed by atoms with van der Waals surface area (Å²) in [5.74, 6) is 2.57. The van der Waals surface area contributed by atoms with Crippen molar-refractivity contribution in [2.45, 2.75) is 162 Å². The summed E-state index contributed by atoms with van der Waals surface area (Å²) in [5.41, 5.74) is 0.364. The topological polar surface area (TPSA) is 60.4 Å². The van der Waals surface area contributed by atoms with E-state index in [0.29, 0.717) is 12.1 Å². The quantitative estimate of drug-likeness (QED) is 0.379. The number of likely N-dealkylation sites (tertiary alicyclic amines) is 1. The highest BCUT2D eigenvalue weighted by molar-refractivity contribution is 5.42. The second-order valence-electron chi connectivity index (χ2n) is 14.8. The number of aromatic nitrogens is 3. The van der Waals surface area contributed by atoms with E-state index in [1.54, 1.807) is 0 Å². The van der Waals surface area contributed by atoms with Crippen LogP contribution >= 0.6 is 0 Å². The zero-order valence-corrected chi connectivity index (χ0v) is 26.9. The molecule has 1 N–H and O–H groups in total. The van der Waals surface area contributed by atoms with Crippen LogP contribution in [-0.4, -0.2) is 74.2 Å². The zero-order chi connectivity index (χ0) is 28.5. The summed E-state index contributed by atoms with van der Waals surface area (Å²) in [7, 11) is 2.28. The molecule has 3 rings (SSSR count). The molecule has 0 amide bonds. The summed E-state index contributed by atoms with van der Waals surface area (Å²) in [5, 5.41) is 3.86. The molecule has 2 fully saturated rings. The summed E-state index contributed by atoms with van der Waals surface area (Å²) < 4.78 is 0. The molecule has 1 aromatic heterocycles. The Morgan fingerprint density at radius 3 is 1.50 bits per heavy atom. The second-order valence-corrected chi connectivity index (χ2v) is 14.8. The molecule has 0 bridgehead atoms. The van der Waals surface area contributed by atoms with Crippen LogP contribution in [0.4, 0.5) is 11.9 Å². The lowest BCUT2D eigenvalue weighted by molar-refractivity contribution is -0.0129. The molecule has 2 saturated heterocycles. The van der Waals surface area contributed by atoms with Gasteiger partial charge in [0.15, 0.2) is 0 Å². The van der Waals surface area contributed by atoms with Crippen LogP contribution in [0.1, 0.15) is 126 Å². The first-order valence-electron chi connectivity index (χ1n) is 15.3. The Balaban J connectivity index is 2.03. The van der Waals surface area contributed by atoms with Crippen LogP contribution in [0.2, 0.25) is 0 Å². The van der Waals surface area contributed by atoms with Gasteiger partial charge < -0.3 is 15.1 Å². The third kappa shape index (κ3) is 7.38. The molecule has 3 heterocycles. The molecule has 0 unspecified atom stereocenters. The van der Waals surface area contributed by atoms with Crippen molar-refractivity contribution in [3.63, 3.8) is 0 Å². The number of anilines is 2. The van der Waals surface area contributed by atoms with Gasteiger partial charge in [-0.15, -0.1) is 0 Å². The molecule has 1 aromatic rings. The summed E-state index contributed by atoms with van der Waals surface area (Å²) in [6.07, 6.45) is 8.97. The van der Waals surface area contributed by atoms with Gasteiger partial charge in [0.05, 0.1) is 0 Å². The summed E-state index contributed by atoms with van der Waals surface area (Å²) >= 11 is 0. The molecule has 218 valence electrons. The molecule has 0 saturated carbocycles. The first-order chi connectivity index (χ1) is 17.5. The first-order valence-corrected chi connectivity index (χ1v) is 15.3. The Morgan fingerprint density at radius 1 is 0.711 bits per heavy atom. The molecule has 0 aromatic carbocycles. The minimum atomic E-state index is 0.0697. The summed E-state index contributed by atoms with van der Waals surface area (Å²) in [4.78, 5) is 22.9. The van der Waals surface area contributed by atoms with Crippen LogP contribution in [0.25, 0.3) is 0 Å². The van der Waals surface area contributed by atoms with Crippen LogP contribution in [0.5, 0.6) is 0 Å². The van der Waals surface area contributed by atoms with Gasteiger partial charge in [0.25, 0.3) is 0 Å². The smallest absolute Gasteiger partial charge is 0.230 e. The van der Waals surface area contributed by atoms with Gasteiger partial charge in [0, 0.05) is 47.3 Å². The average Bonchev–Trinajstić information content (AvgIpc) is 2.75. The van der Waals surface area contributed by atoms with E-state index in [9.17, 15) is 0 Å². The minimum absolute atomic E-state index is 0.0697. The van der Waals surface area contributed by atoms with Crippen LogP contribution in [0, 0.1) is 6.92 Å². The molecule has 0 spiro atoms. The van der Waals surface area contributed by atoms with Gasteiger partial charge in [-0.1, -0.05) is 26.7 Å². The lowest BCUT2D eigenvalue weighted by atomic mass is 9.77. The Hall–Kier alpha value is -1.47. The van der Waals surface area contributed by atoms with Crippen molar-refractivity contribution in [1.82, 2.24) is 25.2 Å². The van der Waals surface area contributed by atoms with Crippen LogP contribution in [-0.2, 0) is 0 Å². The first kappa shape index (κ1) is 31.1. The standard InChI is InChI=1S/C31H59N7/c1-13-15-17-37(24-19-28(4,5)35-29(6,7)20-24)26-32-23(3)33-27(34-26)38(18-16-14-2)25-21-30(8,9)36(12)31(10,11)22-25/h24-25,35H,13-22H2,1-12H3. The third-order valence-electron chi connectivity index (χ3n) is 9.08. The number of rotatable bonds is 10. The molecule has 0 atom stereocenters. The van der Waals surface area contributed by atoms with Crippen molar-refractivity contribution in [2.24, 2.45) is 0 Å². The molecular formula is C31H59N7. The number of hydrogen-bond acceptors (Lipinski definition) is 7. The van der Waals surface area contributed by atoms with E-state index in [2.05, 4.69) is 96.3 Å². The summed E-state index contributed by atoms with van der Waals surface area (Å²) in [6.45, 7) is 27.4. The normalized spacial score (nSPS) is 23.4. The van der Waals surface area contributed by atoms with Gasteiger partial charge in [-0.3, -0.25) is 4.90 Å². The molecule has 0 radical (unpaired) electrons. The molecule has 7 heteroatoms. The number of aryl methyl sites for hydroxylation is 1. The Bertz CT molecular complexity index is 889. The van der Waals surface area contributed by atoms with Crippen molar-refractivity contribution in [3.05, 3.63) is 5.82 Å². The molecule has 2 aliphatic heterocycles. The molecule has 2 aliphatic rings. The number of nitrogens with zero attached hydrogens (tertiary/aromatic N) is 6. The maximum Gasteiger partial charge on any atom is 0.230 e. The number of unbranched alkanes of at least 4 members (excludes halogenated alkanes) is 2. The van der Waals surface area contributed by atoms with Gasteiger partial charge in [0.2, 0.25) is 11.9 Å². The lowest BCUT2D eigenvalue weighted by Crippen LogP contribution is -2.63. The van der Waals surface area contributed by atoms with Gasteiger partial charge in [-0.2, -0.15) is 15.0 Å². The highest BCUT2D eigenvalue weighted by Crippen LogP contribution is 2.40. The predicted molar refractivity (Wildman–Crippen MR) is 162 cm³/mol. The third-order valence-corrected chi connectivity index (χ3v) is 9.08. The van der Waals surface area contributed by atoms with Crippen LogP contribution in [0.3, 0.4) is 0 Å². The van der Waals surface area contributed by atoms with E-state index in [1.165, 1.54) is 0 Å². The van der Waals surface area contributed by atoms with Gasteiger partial charge >= 0.3 is 0 Å². The molecule has 0 aliphatic carbocycles. The largest absolute Gasteiger partial charge is 0.338 e. The fraction of sp³-hybridized carbons (Fsp3) is 0.903. The van der Waals surface area contributed by atoms with Crippen LogP contribution < -0.4 is 15.1 Å². The number of piperidine rings is 2. The maximum atomic E-state index is 5.30. The van der Waals surface area contributed by atoms with Crippen molar-refractivity contribution >= 4 is 11.9 Å². The lowest BCUT2D eigenvalue weighted by Gasteiger charge is -2.55. The Labute approximate surface area is 234 Å². The second kappa shape index (κ2) is 11.6. The van der Waals surface area contributed by atoms with E-state index in [0.717, 1.165) is 82.2 Å². The molecule has 38 heavy (non-hydrogen) atoms. The van der Waals surface area contributed by atoms with Crippen molar-refractivity contribution in [2.75, 3.05) is 29.9 Å². The monoisotopic (exact) mass is 529 g/mol. The number of nitrogens with one attached hydrogen (secondary N) is 1. The predicted octanol–water partition coefficient (Wildman–Crippen LogP) is 6.35. The van der Waals surface area contributed by atoms with E-state index in [-0.39, 0.29) is 22.2 Å². The van der Waals surface area contributed by atoms with E-state index in [4.69, 9.17) is 15.0 Å². The highest BCUT2D eigenvalue weighted by atomic mass is 15.4. The van der Waals surface area contributed by atoms with Crippen molar-refractivity contribution < 1.29 is 0 Å². The minimum Gasteiger partial charge on any atom is -0.338 e. The maximum absolute atomic E-state index is 5.30. The van der Waals surface area contributed by atoms with Gasteiger partial charge in [0.1, 0.15) is 5.82 Å². The fourth-order valence-corrected chi connectivity index (χ4v) is 7.29. The summed E-state index contributed by atoms with van der Waals surface area (Å²) in [6, 6.07) is 0.797. The zero-order valence-electron chi connectivity index (χ0n) is 26.9. The van der Waals surface area contributed by atoms with E-state index >= 15 is 0 Å². The van der Waals surface area contributed by atoms with Crippen molar-refractivity contribution in [3.8, 4) is 0 Å². The highest BCUT2D eigenvalue weighted by Gasteiger charge is 2.45.